The van der Waals surface area contributed by atoms with Gasteiger partial charge in [-0.3, -0.25) is 4.79 Å². The molecule has 0 aliphatic heterocycles. The van der Waals surface area contributed by atoms with E-state index in [1.54, 1.807) is 6.07 Å². The predicted molar refractivity (Wildman–Crippen MR) is 72.5 cm³/mol. The van der Waals surface area contributed by atoms with Gasteiger partial charge in [0, 0.05) is 17.0 Å². The van der Waals surface area contributed by atoms with E-state index in [1.165, 1.54) is 12.1 Å². The van der Waals surface area contributed by atoms with Gasteiger partial charge in [-0.05, 0) is 43.9 Å². The summed E-state index contributed by atoms with van der Waals surface area (Å²) in [6, 6.07) is 4.64. The maximum absolute atomic E-state index is 12.0. The summed E-state index contributed by atoms with van der Waals surface area (Å²) < 4.78 is 0. The molecule has 5 heteroatoms. The van der Waals surface area contributed by atoms with E-state index in [0.29, 0.717) is 5.56 Å². The Morgan fingerprint density at radius 3 is 2.56 bits per heavy atom. The fourth-order valence-electron chi connectivity index (χ4n) is 2.11. The van der Waals surface area contributed by atoms with Crippen molar-refractivity contribution in [3.63, 3.8) is 0 Å². The first-order valence-electron chi connectivity index (χ1n) is 5.99. The molecule has 1 aliphatic carbocycles. The van der Waals surface area contributed by atoms with E-state index in [2.05, 4.69) is 5.32 Å². The lowest BCUT2D eigenvalue weighted by Gasteiger charge is -2.25. The zero-order chi connectivity index (χ0) is 13.1. The van der Waals surface area contributed by atoms with Crippen molar-refractivity contribution in [2.24, 2.45) is 0 Å². The maximum Gasteiger partial charge on any atom is 0.251 e. The Labute approximate surface area is 116 Å². The minimum atomic E-state index is -0.157. The van der Waals surface area contributed by atoms with Gasteiger partial charge >= 0.3 is 0 Å². The number of phenols is 1. The minimum Gasteiger partial charge on any atom is -0.506 e. The number of alkyl halides is 1. The van der Waals surface area contributed by atoms with Crippen LogP contribution in [0.3, 0.4) is 0 Å². The van der Waals surface area contributed by atoms with Crippen LogP contribution < -0.4 is 5.32 Å². The predicted octanol–water partition coefficient (Wildman–Crippen LogP) is 3.33. The molecular formula is C13H15Cl2NO2. The molecule has 0 spiro atoms. The fraction of sp³-hybridized carbons (Fsp3) is 0.462. The molecular weight excluding hydrogens is 273 g/mol. The lowest BCUT2D eigenvalue weighted by atomic mass is 9.95. The first-order valence-corrected chi connectivity index (χ1v) is 6.81. The third kappa shape index (κ3) is 3.30. The molecule has 1 fully saturated rings. The molecule has 2 rings (SSSR count). The molecule has 0 radical (unpaired) electrons. The van der Waals surface area contributed by atoms with Crippen LogP contribution in [0.4, 0.5) is 0 Å². The number of carbonyl (C=O) groups excluding carboxylic acids is 1. The lowest BCUT2D eigenvalue weighted by molar-refractivity contribution is 0.0928. The monoisotopic (exact) mass is 287 g/mol. The van der Waals surface area contributed by atoms with Gasteiger partial charge in [0.2, 0.25) is 0 Å². The average molecular weight is 288 g/mol. The first-order chi connectivity index (χ1) is 8.56. The topological polar surface area (TPSA) is 49.3 Å². The van der Waals surface area contributed by atoms with E-state index in [9.17, 15) is 9.90 Å². The number of hydrogen-bond acceptors (Lipinski definition) is 2. The molecule has 0 unspecified atom stereocenters. The summed E-state index contributed by atoms with van der Waals surface area (Å²) in [6.07, 6.45) is 3.68. The summed E-state index contributed by atoms with van der Waals surface area (Å²) in [6.45, 7) is 0. The van der Waals surface area contributed by atoms with Crippen LogP contribution in [0, 0.1) is 0 Å². The van der Waals surface area contributed by atoms with Crippen molar-refractivity contribution in [3.8, 4) is 5.75 Å². The fourth-order valence-corrected chi connectivity index (χ4v) is 2.55. The van der Waals surface area contributed by atoms with E-state index in [0.717, 1.165) is 25.7 Å². The molecule has 1 aliphatic rings. The van der Waals surface area contributed by atoms with Crippen LogP contribution in [0.1, 0.15) is 36.0 Å². The second kappa shape index (κ2) is 5.81. The summed E-state index contributed by atoms with van der Waals surface area (Å²) >= 11 is 11.8. The van der Waals surface area contributed by atoms with E-state index < -0.39 is 0 Å². The van der Waals surface area contributed by atoms with Crippen molar-refractivity contribution >= 4 is 29.1 Å². The van der Waals surface area contributed by atoms with Crippen LogP contribution in [0.2, 0.25) is 5.02 Å². The highest BCUT2D eigenvalue weighted by molar-refractivity contribution is 6.32. The Balaban J connectivity index is 1.97. The Kier molecular flexibility index (Phi) is 4.36. The van der Waals surface area contributed by atoms with E-state index in [-0.39, 0.29) is 28.1 Å². The maximum atomic E-state index is 12.0. The van der Waals surface area contributed by atoms with Crippen molar-refractivity contribution in [1.29, 1.82) is 0 Å². The van der Waals surface area contributed by atoms with Gasteiger partial charge in [0.25, 0.3) is 5.91 Å². The number of rotatable bonds is 2. The molecule has 0 atom stereocenters. The number of phenolic OH excluding ortho intramolecular Hbond substituents is 1. The zero-order valence-electron chi connectivity index (χ0n) is 9.83. The van der Waals surface area contributed by atoms with Gasteiger partial charge in [-0.2, -0.15) is 0 Å². The molecule has 0 aromatic heterocycles. The van der Waals surface area contributed by atoms with Crippen molar-refractivity contribution in [2.45, 2.75) is 37.1 Å². The molecule has 0 saturated heterocycles. The summed E-state index contributed by atoms with van der Waals surface area (Å²) in [5.41, 5.74) is 0.464. The van der Waals surface area contributed by atoms with Crippen LogP contribution in [0.25, 0.3) is 0 Å². The standard InChI is InChI=1S/C13H15Cl2NO2/c14-9-2-4-10(5-3-9)16-13(18)8-1-6-12(17)11(15)7-8/h1,6-7,9-10,17H,2-5H2,(H,16,18). The molecule has 1 aromatic rings. The quantitative estimate of drug-likeness (QED) is 0.820. The smallest absolute Gasteiger partial charge is 0.251 e. The van der Waals surface area contributed by atoms with Crippen LogP contribution in [0.15, 0.2) is 18.2 Å². The van der Waals surface area contributed by atoms with Gasteiger partial charge < -0.3 is 10.4 Å². The minimum absolute atomic E-state index is 0.0177. The third-order valence-electron chi connectivity index (χ3n) is 3.20. The number of benzene rings is 1. The molecule has 1 saturated carbocycles. The largest absolute Gasteiger partial charge is 0.506 e. The van der Waals surface area contributed by atoms with Crippen LogP contribution in [0.5, 0.6) is 5.75 Å². The molecule has 1 amide bonds. The van der Waals surface area contributed by atoms with Crippen LogP contribution >= 0.6 is 23.2 Å². The lowest BCUT2D eigenvalue weighted by Crippen LogP contribution is -2.37. The Morgan fingerprint density at radius 1 is 1.28 bits per heavy atom. The average Bonchev–Trinajstić information content (AvgIpc) is 2.35. The zero-order valence-corrected chi connectivity index (χ0v) is 11.3. The molecule has 2 N–H and O–H groups in total. The van der Waals surface area contributed by atoms with Gasteiger partial charge in [0.15, 0.2) is 0 Å². The Bertz CT molecular complexity index is 443. The Hall–Kier alpha value is -0.930. The number of nitrogens with one attached hydrogen (secondary N) is 1. The third-order valence-corrected chi connectivity index (χ3v) is 3.94. The SMILES string of the molecule is O=C(NC1CCC(Cl)CC1)c1ccc(O)c(Cl)c1. The molecule has 0 bridgehead atoms. The summed E-state index contributed by atoms with van der Waals surface area (Å²) in [5.74, 6) is -0.175. The number of aromatic hydroxyl groups is 1. The molecule has 18 heavy (non-hydrogen) atoms. The molecule has 3 nitrogen and oxygen atoms in total. The van der Waals surface area contributed by atoms with Crippen molar-refractivity contribution in [1.82, 2.24) is 5.32 Å². The second-order valence-corrected chi connectivity index (χ2v) is 5.61. The number of carbonyl (C=O) groups is 1. The summed E-state index contributed by atoms with van der Waals surface area (Å²) in [4.78, 5) is 12.0. The Morgan fingerprint density at radius 2 is 1.94 bits per heavy atom. The normalized spacial score (nSPS) is 23.7. The molecule has 0 heterocycles. The highest BCUT2D eigenvalue weighted by Crippen LogP contribution is 2.25. The van der Waals surface area contributed by atoms with Gasteiger partial charge in [0.1, 0.15) is 5.75 Å². The van der Waals surface area contributed by atoms with Gasteiger partial charge in [-0.15, -0.1) is 11.6 Å². The van der Waals surface area contributed by atoms with Crippen molar-refractivity contribution in [2.75, 3.05) is 0 Å². The molecule has 98 valence electrons. The van der Waals surface area contributed by atoms with Gasteiger partial charge in [-0.1, -0.05) is 11.6 Å². The summed E-state index contributed by atoms with van der Waals surface area (Å²) in [7, 11) is 0. The van der Waals surface area contributed by atoms with Crippen molar-refractivity contribution < 1.29 is 9.90 Å². The highest BCUT2D eigenvalue weighted by Gasteiger charge is 2.21. The van der Waals surface area contributed by atoms with E-state index >= 15 is 0 Å². The summed E-state index contributed by atoms with van der Waals surface area (Å²) in [5, 5.41) is 12.7. The number of halogens is 2. The second-order valence-electron chi connectivity index (χ2n) is 4.59. The molecule has 1 aromatic carbocycles. The number of amides is 1. The first kappa shape index (κ1) is 13.5. The van der Waals surface area contributed by atoms with Crippen molar-refractivity contribution in [3.05, 3.63) is 28.8 Å². The van der Waals surface area contributed by atoms with Gasteiger partial charge in [0.05, 0.1) is 5.02 Å². The van der Waals surface area contributed by atoms with Crippen LogP contribution in [-0.4, -0.2) is 22.4 Å². The number of hydrogen-bond donors (Lipinski definition) is 2. The van der Waals surface area contributed by atoms with E-state index in [1.807, 2.05) is 0 Å². The highest BCUT2D eigenvalue weighted by atomic mass is 35.5. The van der Waals surface area contributed by atoms with Gasteiger partial charge in [-0.25, -0.2) is 0 Å². The van der Waals surface area contributed by atoms with E-state index in [4.69, 9.17) is 23.2 Å². The van der Waals surface area contributed by atoms with Crippen LogP contribution in [-0.2, 0) is 0 Å².